The summed E-state index contributed by atoms with van der Waals surface area (Å²) in [7, 11) is 0. The zero-order valence-electron chi connectivity index (χ0n) is 11.6. The van der Waals surface area contributed by atoms with Crippen LogP contribution in [-0.2, 0) is 0 Å². The fourth-order valence-corrected chi connectivity index (χ4v) is 3.43. The highest BCUT2D eigenvalue weighted by molar-refractivity contribution is 4.76. The summed E-state index contributed by atoms with van der Waals surface area (Å²) in [4.78, 5) is 2.60. The molecule has 1 saturated heterocycles. The second-order valence-corrected chi connectivity index (χ2v) is 6.04. The number of hydrogen-bond acceptors (Lipinski definition) is 2. The summed E-state index contributed by atoms with van der Waals surface area (Å²) in [5, 5.41) is 3.77. The first-order valence-electron chi connectivity index (χ1n) is 7.82. The zero-order chi connectivity index (χ0) is 11.9. The highest BCUT2D eigenvalue weighted by Gasteiger charge is 2.18. The summed E-state index contributed by atoms with van der Waals surface area (Å²) in [6, 6.07) is 0.732. The number of nitrogens with zero attached hydrogens (tertiary/aromatic N) is 1. The van der Waals surface area contributed by atoms with Crippen molar-refractivity contribution >= 4 is 0 Å². The van der Waals surface area contributed by atoms with E-state index in [1.54, 1.807) is 0 Å². The Bertz CT molecular complexity index is 191. The lowest BCUT2D eigenvalue weighted by molar-refractivity contribution is 0.296. The third-order valence-electron chi connectivity index (χ3n) is 4.70. The lowest BCUT2D eigenvalue weighted by atomic mass is 9.93. The molecule has 1 saturated carbocycles. The van der Waals surface area contributed by atoms with Gasteiger partial charge in [0.1, 0.15) is 0 Å². The van der Waals surface area contributed by atoms with Crippen LogP contribution in [-0.4, -0.2) is 37.1 Å². The van der Waals surface area contributed by atoms with E-state index >= 15 is 0 Å². The van der Waals surface area contributed by atoms with E-state index in [0.29, 0.717) is 0 Å². The Morgan fingerprint density at radius 2 is 1.65 bits per heavy atom. The molecule has 1 atom stereocenters. The molecule has 2 fully saturated rings. The maximum absolute atomic E-state index is 3.77. The first-order chi connectivity index (χ1) is 8.36. The van der Waals surface area contributed by atoms with Crippen molar-refractivity contribution in [3.05, 3.63) is 0 Å². The van der Waals surface area contributed by atoms with E-state index in [9.17, 15) is 0 Å². The summed E-state index contributed by atoms with van der Waals surface area (Å²) in [5.74, 6) is 0.941. The molecule has 2 rings (SSSR count). The molecule has 17 heavy (non-hydrogen) atoms. The van der Waals surface area contributed by atoms with Crippen LogP contribution in [0.25, 0.3) is 0 Å². The largest absolute Gasteiger partial charge is 0.313 e. The van der Waals surface area contributed by atoms with E-state index in [2.05, 4.69) is 17.1 Å². The molecule has 1 aliphatic carbocycles. The van der Waals surface area contributed by atoms with Crippen LogP contribution in [0, 0.1) is 5.92 Å². The molecule has 1 N–H and O–H groups in total. The van der Waals surface area contributed by atoms with Gasteiger partial charge in [0.2, 0.25) is 0 Å². The standard InChI is InChI=1S/C15H30N2/c1-14(15-8-4-2-3-5-9-15)16-10-13-17-11-6-7-12-17/h14-16H,2-13H2,1H3/t14-/m0/s1. The Morgan fingerprint density at radius 1 is 1.00 bits per heavy atom. The topological polar surface area (TPSA) is 15.3 Å². The van der Waals surface area contributed by atoms with E-state index in [1.165, 1.54) is 77.5 Å². The lowest BCUT2D eigenvalue weighted by Gasteiger charge is -2.25. The van der Waals surface area contributed by atoms with Crippen molar-refractivity contribution in [3.63, 3.8) is 0 Å². The van der Waals surface area contributed by atoms with Gasteiger partial charge in [0.05, 0.1) is 0 Å². The van der Waals surface area contributed by atoms with Crippen molar-refractivity contribution in [1.29, 1.82) is 0 Å². The molecule has 100 valence electrons. The van der Waals surface area contributed by atoms with Gasteiger partial charge in [-0.25, -0.2) is 0 Å². The number of rotatable bonds is 5. The first-order valence-corrected chi connectivity index (χ1v) is 7.82. The van der Waals surface area contributed by atoms with Gasteiger partial charge in [-0.2, -0.15) is 0 Å². The van der Waals surface area contributed by atoms with Crippen molar-refractivity contribution < 1.29 is 0 Å². The molecule has 1 aliphatic heterocycles. The molecule has 0 aromatic rings. The van der Waals surface area contributed by atoms with Gasteiger partial charge in [-0.3, -0.25) is 0 Å². The van der Waals surface area contributed by atoms with E-state index in [4.69, 9.17) is 0 Å². The Morgan fingerprint density at radius 3 is 2.29 bits per heavy atom. The third-order valence-corrected chi connectivity index (χ3v) is 4.70. The van der Waals surface area contributed by atoms with Gasteiger partial charge in [-0.1, -0.05) is 25.7 Å². The smallest absolute Gasteiger partial charge is 0.0107 e. The highest BCUT2D eigenvalue weighted by atomic mass is 15.2. The van der Waals surface area contributed by atoms with Crippen molar-refractivity contribution in [1.82, 2.24) is 10.2 Å². The quantitative estimate of drug-likeness (QED) is 0.741. The molecule has 0 unspecified atom stereocenters. The van der Waals surface area contributed by atoms with Crippen molar-refractivity contribution in [2.45, 2.75) is 64.3 Å². The minimum absolute atomic E-state index is 0.732. The van der Waals surface area contributed by atoms with Crippen LogP contribution in [0.1, 0.15) is 58.3 Å². The van der Waals surface area contributed by atoms with Crippen molar-refractivity contribution in [2.75, 3.05) is 26.2 Å². The molecule has 0 aromatic heterocycles. The van der Waals surface area contributed by atoms with Gasteiger partial charge >= 0.3 is 0 Å². The SMILES string of the molecule is C[C@H](NCCN1CCCC1)C1CCCCCC1. The number of nitrogens with one attached hydrogen (secondary N) is 1. The van der Waals surface area contributed by atoms with E-state index in [0.717, 1.165) is 12.0 Å². The fraction of sp³-hybridized carbons (Fsp3) is 1.00. The van der Waals surface area contributed by atoms with Crippen LogP contribution in [0.4, 0.5) is 0 Å². The summed E-state index contributed by atoms with van der Waals surface area (Å²) < 4.78 is 0. The molecule has 0 radical (unpaired) electrons. The van der Waals surface area contributed by atoms with Crippen LogP contribution >= 0.6 is 0 Å². The lowest BCUT2D eigenvalue weighted by Crippen LogP contribution is -2.38. The average molecular weight is 238 g/mol. The van der Waals surface area contributed by atoms with Gasteiger partial charge in [0, 0.05) is 19.1 Å². The summed E-state index contributed by atoms with van der Waals surface area (Å²) in [5.41, 5.74) is 0. The van der Waals surface area contributed by atoms with Crippen LogP contribution in [0.3, 0.4) is 0 Å². The Balaban J connectivity index is 1.60. The molecule has 0 aromatic carbocycles. The number of likely N-dealkylation sites (tertiary alicyclic amines) is 1. The van der Waals surface area contributed by atoms with E-state index < -0.39 is 0 Å². The maximum atomic E-state index is 3.77. The molecule has 1 heterocycles. The summed E-state index contributed by atoms with van der Waals surface area (Å²) in [6.45, 7) is 7.52. The molecule has 2 heteroatoms. The second kappa shape index (κ2) is 7.38. The van der Waals surface area contributed by atoms with Gasteiger partial charge in [0.25, 0.3) is 0 Å². The van der Waals surface area contributed by atoms with Crippen LogP contribution in [0.5, 0.6) is 0 Å². The van der Waals surface area contributed by atoms with Gasteiger partial charge in [-0.15, -0.1) is 0 Å². The molecule has 2 aliphatic rings. The van der Waals surface area contributed by atoms with E-state index in [1.807, 2.05) is 0 Å². The zero-order valence-corrected chi connectivity index (χ0v) is 11.6. The Kier molecular flexibility index (Phi) is 5.79. The normalized spacial score (nSPS) is 25.9. The Hall–Kier alpha value is -0.0800. The predicted molar refractivity (Wildman–Crippen MR) is 74.3 cm³/mol. The molecule has 0 bridgehead atoms. The minimum Gasteiger partial charge on any atom is -0.313 e. The molecule has 0 amide bonds. The summed E-state index contributed by atoms with van der Waals surface area (Å²) >= 11 is 0. The van der Waals surface area contributed by atoms with Crippen LogP contribution in [0.2, 0.25) is 0 Å². The first kappa shape index (κ1) is 13.4. The van der Waals surface area contributed by atoms with Crippen molar-refractivity contribution in [3.8, 4) is 0 Å². The number of hydrogen-bond donors (Lipinski definition) is 1. The minimum atomic E-state index is 0.732. The van der Waals surface area contributed by atoms with E-state index in [-0.39, 0.29) is 0 Å². The average Bonchev–Trinajstić information content (AvgIpc) is 2.69. The highest BCUT2D eigenvalue weighted by Crippen LogP contribution is 2.25. The Labute approximate surface area is 107 Å². The monoisotopic (exact) mass is 238 g/mol. The molecule has 2 nitrogen and oxygen atoms in total. The van der Waals surface area contributed by atoms with Crippen molar-refractivity contribution in [2.24, 2.45) is 5.92 Å². The summed E-state index contributed by atoms with van der Waals surface area (Å²) in [6.07, 6.45) is 11.6. The maximum Gasteiger partial charge on any atom is 0.0107 e. The van der Waals surface area contributed by atoms with Gasteiger partial charge in [0.15, 0.2) is 0 Å². The van der Waals surface area contributed by atoms with Gasteiger partial charge < -0.3 is 10.2 Å². The van der Waals surface area contributed by atoms with Crippen LogP contribution in [0.15, 0.2) is 0 Å². The third kappa shape index (κ3) is 4.59. The second-order valence-electron chi connectivity index (χ2n) is 6.04. The van der Waals surface area contributed by atoms with Gasteiger partial charge in [-0.05, 0) is 51.6 Å². The predicted octanol–water partition coefficient (Wildman–Crippen LogP) is 3.03. The molecule has 0 spiro atoms. The van der Waals surface area contributed by atoms with Crippen LogP contribution < -0.4 is 5.32 Å². The molecular weight excluding hydrogens is 208 g/mol. The molecular formula is C15H30N2. The fourth-order valence-electron chi connectivity index (χ4n) is 3.43.